The maximum atomic E-state index is 12.6. The molecule has 0 aliphatic carbocycles. The molecule has 0 N–H and O–H groups in total. The van der Waals surface area contributed by atoms with Crippen LogP contribution in [0.5, 0.6) is 0 Å². The molecule has 0 saturated carbocycles. The van der Waals surface area contributed by atoms with Gasteiger partial charge in [0.05, 0.1) is 13.1 Å². The van der Waals surface area contributed by atoms with Crippen molar-refractivity contribution < 1.29 is 9.59 Å². The third-order valence-corrected chi connectivity index (χ3v) is 3.88. The zero-order chi connectivity index (χ0) is 16.9. The van der Waals surface area contributed by atoms with Gasteiger partial charge in [-0.25, -0.2) is 4.79 Å². The number of aryl methyl sites for hydroxylation is 1. The van der Waals surface area contributed by atoms with Gasteiger partial charge in [0.15, 0.2) is 11.2 Å². The quantitative estimate of drug-likeness (QED) is 0.709. The van der Waals surface area contributed by atoms with Crippen molar-refractivity contribution in [3.63, 3.8) is 0 Å². The molecule has 9 heteroatoms. The minimum absolute atomic E-state index is 0.00612. The smallest absolute Gasteiger partial charge is 0.332 e. The summed E-state index contributed by atoms with van der Waals surface area (Å²) in [5.74, 6) is 0.221. The van der Waals surface area contributed by atoms with Gasteiger partial charge < -0.3 is 9.47 Å². The lowest BCUT2D eigenvalue weighted by Crippen LogP contribution is -2.41. The number of ketones is 2. The first-order valence-electron chi connectivity index (χ1n) is 7.25. The number of hydrogen-bond donors (Lipinski definition) is 0. The summed E-state index contributed by atoms with van der Waals surface area (Å²) in [6.07, 6.45) is 0. The molecule has 23 heavy (non-hydrogen) atoms. The molecule has 3 heterocycles. The van der Waals surface area contributed by atoms with Crippen molar-refractivity contribution in [3.8, 4) is 0 Å². The van der Waals surface area contributed by atoms with Crippen molar-refractivity contribution in [2.24, 2.45) is 7.05 Å². The molecule has 1 aliphatic heterocycles. The lowest BCUT2D eigenvalue weighted by atomic mass is 10.4. The van der Waals surface area contributed by atoms with Gasteiger partial charge in [-0.2, -0.15) is 4.98 Å². The monoisotopic (exact) mass is 319 g/mol. The lowest BCUT2D eigenvalue weighted by molar-refractivity contribution is -0.118. The molecule has 0 spiro atoms. The number of rotatable bonds is 4. The molecule has 3 rings (SSSR count). The van der Waals surface area contributed by atoms with E-state index in [2.05, 4.69) is 4.98 Å². The van der Waals surface area contributed by atoms with Crippen LogP contribution in [0.4, 0.5) is 5.95 Å². The van der Waals surface area contributed by atoms with Gasteiger partial charge in [0, 0.05) is 20.1 Å². The second-order valence-electron chi connectivity index (χ2n) is 5.79. The second kappa shape index (κ2) is 5.18. The van der Waals surface area contributed by atoms with Gasteiger partial charge in [0.2, 0.25) is 5.95 Å². The first kappa shape index (κ1) is 15.2. The van der Waals surface area contributed by atoms with Crippen LogP contribution in [0.1, 0.15) is 13.8 Å². The van der Waals surface area contributed by atoms with Crippen LogP contribution < -0.4 is 16.1 Å². The maximum Gasteiger partial charge on any atom is 0.332 e. The fourth-order valence-electron chi connectivity index (χ4n) is 2.91. The van der Waals surface area contributed by atoms with Crippen LogP contribution in [-0.2, 0) is 29.7 Å². The van der Waals surface area contributed by atoms with Crippen molar-refractivity contribution in [2.45, 2.75) is 26.9 Å². The fraction of sp³-hybridized carbons (Fsp3) is 0.500. The Balaban J connectivity index is 2.28. The highest BCUT2D eigenvalue weighted by Crippen LogP contribution is 2.24. The van der Waals surface area contributed by atoms with Crippen LogP contribution in [0.15, 0.2) is 9.59 Å². The minimum atomic E-state index is -0.576. The van der Waals surface area contributed by atoms with Crippen molar-refractivity contribution in [3.05, 3.63) is 20.8 Å². The summed E-state index contributed by atoms with van der Waals surface area (Å²) in [4.78, 5) is 53.8. The summed E-state index contributed by atoms with van der Waals surface area (Å²) >= 11 is 0. The standard InChI is InChI=1S/C14H17N5O4/c1-8(20)6-17-4-5-18-10-11(15-13(17)18)16(3)14(23)19(12(10)22)7-9(2)21/h4-7H2,1-3H3. The van der Waals surface area contributed by atoms with Gasteiger partial charge in [0.1, 0.15) is 11.6 Å². The molecule has 0 aromatic carbocycles. The topological polar surface area (TPSA) is 99.2 Å². The predicted octanol–water partition coefficient (Wildman–Crippen LogP) is -1.11. The summed E-state index contributed by atoms with van der Waals surface area (Å²) in [5.41, 5.74) is -0.549. The van der Waals surface area contributed by atoms with Crippen LogP contribution in [0, 0.1) is 0 Å². The Morgan fingerprint density at radius 1 is 1.09 bits per heavy atom. The van der Waals surface area contributed by atoms with Crippen LogP contribution in [0.3, 0.4) is 0 Å². The summed E-state index contributed by atoms with van der Waals surface area (Å²) in [6.45, 7) is 3.84. The number of carbonyl (C=O) groups is 2. The third-order valence-electron chi connectivity index (χ3n) is 3.88. The first-order valence-corrected chi connectivity index (χ1v) is 7.25. The van der Waals surface area contributed by atoms with Crippen LogP contribution in [-0.4, -0.2) is 43.3 Å². The Labute approximate surface area is 130 Å². The molecule has 0 atom stereocenters. The summed E-state index contributed by atoms with van der Waals surface area (Å²) in [5, 5.41) is 0. The first-order chi connectivity index (χ1) is 10.8. The SMILES string of the molecule is CC(=O)CN1CCn2c1nc1c2c(=O)n(CC(C)=O)c(=O)n1C. The molecule has 0 fully saturated rings. The lowest BCUT2D eigenvalue weighted by Gasteiger charge is -2.12. The molecule has 122 valence electrons. The zero-order valence-corrected chi connectivity index (χ0v) is 13.2. The third kappa shape index (κ3) is 2.28. The number of Topliss-reactive ketones (excluding diaryl/α,β-unsaturated/α-hetero) is 2. The van der Waals surface area contributed by atoms with E-state index in [4.69, 9.17) is 0 Å². The van der Waals surface area contributed by atoms with Crippen molar-refractivity contribution in [1.29, 1.82) is 0 Å². The number of carbonyl (C=O) groups excluding carboxylic acids is 2. The highest BCUT2D eigenvalue weighted by molar-refractivity contribution is 5.82. The molecule has 0 saturated heterocycles. The Kier molecular flexibility index (Phi) is 3.42. The highest BCUT2D eigenvalue weighted by atomic mass is 16.2. The Morgan fingerprint density at radius 3 is 2.35 bits per heavy atom. The number of anilines is 1. The maximum absolute atomic E-state index is 12.6. The van der Waals surface area contributed by atoms with E-state index in [-0.39, 0.29) is 35.8 Å². The van der Waals surface area contributed by atoms with Gasteiger partial charge in [-0.15, -0.1) is 0 Å². The van der Waals surface area contributed by atoms with Gasteiger partial charge >= 0.3 is 5.69 Å². The normalized spacial score (nSPS) is 13.6. The van der Waals surface area contributed by atoms with E-state index in [1.807, 2.05) is 0 Å². The van der Waals surface area contributed by atoms with Gasteiger partial charge in [-0.05, 0) is 13.8 Å². The summed E-state index contributed by atoms with van der Waals surface area (Å²) < 4.78 is 3.89. The average Bonchev–Trinajstić information content (AvgIpc) is 3.01. The van der Waals surface area contributed by atoms with Crippen molar-refractivity contribution in [1.82, 2.24) is 18.7 Å². The molecule has 2 aromatic heterocycles. The molecule has 2 aromatic rings. The van der Waals surface area contributed by atoms with E-state index in [9.17, 15) is 19.2 Å². The number of fused-ring (bicyclic) bond motifs is 3. The van der Waals surface area contributed by atoms with E-state index < -0.39 is 11.2 Å². The molecular weight excluding hydrogens is 302 g/mol. The Morgan fingerprint density at radius 2 is 1.74 bits per heavy atom. The van der Waals surface area contributed by atoms with Crippen molar-refractivity contribution in [2.75, 3.05) is 18.0 Å². The predicted molar refractivity (Wildman–Crippen MR) is 82.8 cm³/mol. The molecule has 9 nitrogen and oxygen atoms in total. The Hall–Kier alpha value is -2.71. The number of aromatic nitrogens is 4. The zero-order valence-electron chi connectivity index (χ0n) is 13.2. The van der Waals surface area contributed by atoms with E-state index in [0.29, 0.717) is 19.0 Å². The van der Waals surface area contributed by atoms with E-state index in [1.165, 1.54) is 25.5 Å². The fourth-order valence-corrected chi connectivity index (χ4v) is 2.91. The molecule has 0 amide bonds. The average molecular weight is 319 g/mol. The molecular formula is C14H17N5O4. The van der Waals surface area contributed by atoms with Crippen LogP contribution in [0.2, 0.25) is 0 Å². The van der Waals surface area contributed by atoms with Gasteiger partial charge in [0.25, 0.3) is 5.56 Å². The Bertz CT molecular complexity index is 949. The minimum Gasteiger partial charge on any atom is -0.333 e. The highest BCUT2D eigenvalue weighted by Gasteiger charge is 2.28. The largest absolute Gasteiger partial charge is 0.333 e. The number of imidazole rings is 1. The van der Waals surface area contributed by atoms with E-state index >= 15 is 0 Å². The number of hydrogen-bond acceptors (Lipinski definition) is 6. The molecule has 1 aliphatic rings. The van der Waals surface area contributed by atoms with Gasteiger partial charge in [-0.1, -0.05) is 0 Å². The van der Waals surface area contributed by atoms with Crippen molar-refractivity contribution >= 4 is 28.7 Å². The second-order valence-corrected chi connectivity index (χ2v) is 5.79. The summed E-state index contributed by atoms with van der Waals surface area (Å²) in [6, 6.07) is 0. The molecule has 0 unspecified atom stereocenters. The number of nitrogens with zero attached hydrogens (tertiary/aromatic N) is 5. The van der Waals surface area contributed by atoms with Gasteiger partial charge in [-0.3, -0.25) is 23.5 Å². The van der Waals surface area contributed by atoms with Crippen LogP contribution in [0.25, 0.3) is 11.2 Å². The van der Waals surface area contributed by atoms with E-state index in [1.54, 1.807) is 9.47 Å². The van der Waals surface area contributed by atoms with E-state index in [0.717, 1.165) is 4.57 Å². The summed E-state index contributed by atoms with van der Waals surface area (Å²) in [7, 11) is 1.51. The molecule has 0 bridgehead atoms. The van der Waals surface area contributed by atoms with Crippen LogP contribution >= 0.6 is 0 Å². The molecule has 0 radical (unpaired) electrons.